The standard InChI is InChI=1S/C9H20NO2PS2/c1-11-13(14,12-2)15-10-8-6-4-3-5-7-9-10/h3-9H2,1-2H3. The number of hydrogen-bond acceptors (Lipinski definition) is 5. The molecule has 0 unspecified atom stereocenters. The van der Waals surface area contributed by atoms with Crippen LogP contribution in [0.4, 0.5) is 0 Å². The second kappa shape index (κ2) is 7.25. The average Bonchev–Trinajstić information content (AvgIpc) is 2.22. The summed E-state index contributed by atoms with van der Waals surface area (Å²) in [6, 6.07) is 0. The van der Waals surface area contributed by atoms with Gasteiger partial charge < -0.3 is 9.05 Å². The molecule has 0 aliphatic carbocycles. The summed E-state index contributed by atoms with van der Waals surface area (Å²) in [5.74, 6) is 0. The zero-order chi connectivity index (χ0) is 11.1. The zero-order valence-electron chi connectivity index (χ0n) is 9.48. The first-order valence-electron chi connectivity index (χ1n) is 5.36. The summed E-state index contributed by atoms with van der Waals surface area (Å²) in [6.45, 7) is 2.21. The minimum atomic E-state index is -2.11. The molecule has 0 N–H and O–H groups in total. The van der Waals surface area contributed by atoms with Crippen molar-refractivity contribution in [2.75, 3.05) is 27.3 Å². The van der Waals surface area contributed by atoms with Crippen LogP contribution >= 0.6 is 17.3 Å². The molecular weight excluding hydrogens is 249 g/mol. The van der Waals surface area contributed by atoms with Crippen molar-refractivity contribution in [3.05, 3.63) is 0 Å². The highest BCUT2D eigenvalue weighted by Crippen LogP contribution is 2.61. The van der Waals surface area contributed by atoms with E-state index in [0.29, 0.717) is 0 Å². The fraction of sp³-hybridized carbons (Fsp3) is 1.00. The monoisotopic (exact) mass is 269 g/mol. The fourth-order valence-corrected chi connectivity index (χ4v) is 5.16. The molecule has 0 saturated carbocycles. The minimum Gasteiger partial charge on any atom is -0.324 e. The molecule has 0 amide bonds. The van der Waals surface area contributed by atoms with E-state index in [0.717, 1.165) is 13.1 Å². The molecule has 3 nitrogen and oxygen atoms in total. The van der Waals surface area contributed by atoms with Gasteiger partial charge in [0, 0.05) is 38.9 Å². The van der Waals surface area contributed by atoms with Gasteiger partial charge in [-0.25, -0.2) is 4.31 Å². The van der Waals surface area contributed by atoms with Gasteiger partial charge >= 0.3 is 0 Å². The van der Waals surface area contributed by atoms with Crippen molar-refractivity contribution in [1.29, 1.82) is 0 Å². The predicted molar refractivity (Wildman–Crippen MR) is 70.6 cm³/mol. The Morgan fingerprint density at radius 1 is 1.00 bits per heavy atom. The summed E-state index contributed by atoms with van der Waals surface area (Å²) in [4.78, 5) is 0. The lowest BCUT2D eigenvalue weighted by atomic mass is 10.1. The van der Waals surface area contributed by atoms with Gasteiger partial charge in [0.05, 0.1) is 0 Å². The van der Waals surface area contributed by atoms with Gasteiger partial charge in [0.1, 0.15) is 0 Å². The van der Waals surface area contributed by atoms with Crippen molar-refractivity contribution in [3.63, 3.8) is 0 Å². The summed E-state index contributed by atoms with van der Waals surface area (Å²) in [5.41, 5.74) is -2.11. The molecule has 0 aromatic heterocycles. The predicted octanol–water partition coefficient (Wildman–Crippen LogP) is 3.42. The van der Waals surface area contributed by atoms with E-state index in [4.69, 9.17) is 20.9 Å². The summed E-state index contributed by atoms with van der Waals surface area (Å²) < 4.78 is 12.9. The minimum absolute atomic E-state index is 1.11. The second-order valence-electron chi connectivity index (χ2n) is 3.59. The molecule has 0 aromatic rings. The third-order valence-corrected chi connectivity index (χ3v) is 7.85. The van der Waals surface area contributed by atoms with Crippen molar-refractivity contribution in [2.45, 2.75) is 32.1 Å². The number of nitrogens with zero attached hydrogens (tertiary/aromatic N) is 1. The van der Waals surface area contributed by atoms with Crippen molar-refractivity contribution in [1.82, 2.24) is 4.31 Å². The van der Waals surface area contributed by atoms with E-state index in [1.807, 2.05) is 0 Å². The molecule has 90 valence electrons. The van der Waals surface area contributed by atoms with Crippen LogP contribution in [-0.4, -0.2) is 31.6 Å². The molecular formula is C9H20NO2PS2. The van der Waals surface area contributed by atoms with E-state index in [9.17, 15) is 0 Å². The first-order valence-corrected chi connectivity index (χ1v) is 9.38. The van der Waals surface area contributed by atoms with E-state index in [-0.39, 0.29) is 0 Å². The van der Waals surface area contributed by atoms with Gasteiger partial charge in [-0.1, -0.05) is 19.3 Å². The second-order valence-corrected chi connectivity index (χ2v) is 9.96. The molecule has 0 spiro atoms. The topological polar surface area (TPSA) is 21.7 Å². The third-order valence-electron chi connectivity index (χ3n) is 2.48. The Bertz CT molecular complexity index is 212. The van der Waals surface area contributed by atoms with Crippen LogP contribution in [0.1, 0.15) is 32.1 Å². The van der Waals surface area contributed by atoms with Crippen LogP contribution in [0.3, 0.4) is 0 Å². The smallest absolute Gasteiger partial charge is 0.261 e. The number of rotatable bonds is 4. The first kappa shape index (κ1) is 13.9. The van der Waals surface area contributed by atoms with Gasteiger partial charge in [-0.15, -0.1) is 0 Å². The summed E-state index contributed by atoms with van der Waals surface area (Å²) in [6.07, 6.45) is 6.56. The molecule has 1 saturated heterocycles. The van der Waals surface area contributed by atoms with Crippen LogP contribution in [0.5, 0.6) is 0 Å². The van der Waals surface area contributed by atoms with Crippen LogP contribution in [0, 0.1) is 0 Å². The van der Waals surface area contributed by atoms with E-state index >= 15 is 0 Å². The van der Waals surface area contributed by atoms with Crippen molar-refractivity contribution < 1.29 is 9.05 Å². The molecule has 0 bridgehead atoms. The van der Waals surface area contributed by atoms with Crippen molar-refractivity contribution >= 4 is 29.1 Å². The summed E-state index contributed by atoms with van der Waals surface area (Å²) >= 11 is 6.96. The maximum atomic E-state index is 5.35. The van der Waals surface area contributed by atoms with Crippen LogP contribution in [-0.2, 0) is 20.9 Å². The number of hydrogen-bond donors (Lipinski definition) is 0. The summed E-state index contributed by atoms with van der Waals surface area (Å²) in [7, 11) is 3.28. The lowest BCUT2D eigenvalue weighted by Gasteiger charge is -2.27. The summed E-state index contributed by atoms with van der Waals surface area (Å²) in [5, 5.41) is 0. The Morgan fingerprint density at radius 2 is 1.47 bits per heavy atom. The Hall–Kier alpha value is 0.880. The Balaban J connectivity index is 2.43. The third kappa shape index (κ3) is 5.16. The van der Waals surface area contributed by atoms with Gasteiger partial charge in [-0.3, -0.25) is 0 Å². The molecule has 0 atom stereocenters. The Morgan fingerprint density at radius 3 is 1.93 bits per heavy atom. The quantitative estimate of drug-likeness (QED) is 0.574. The maximum Gasteiger partial charge on any atom is 0.261 e. The van der Waals surface area contributed by atoms with Gasteiger partial charge in [0.15, 0.2) is 0 Å². The van der Waals surface area contributed by atoms with Crippen molar-refractivity contribution in [3.8, 4) is 0 Å². The van der Waals surface area contributed by atoms with Crippen LogP contribution < -0.4 is 0 Å². The molecule has 1 aliphatic rings. The van der Waals surface area contributed by atoms with E-state index in [2.05, 4.69) is 4.31 Å². The van der Waals surface area contributed by atoms with Gasteiger partial charge in [-0.2, -0.15) is 0 Å². The fourth-order valence-electron chi connectivity index (χ4n) is 1.58. The molecule has 6 heteroatoms. The molecule has 1 aliphatic heterocycles. The highest BCUT2D eigenvalue weighted by atomic mass is 32.9. The SMILES string of the molecule is COP(=S)(OC)SN1CCCCCCC1. The van der Waals surface area contributed by atoms with Crippen LogP contribution in [0.2, 0.25) is 0 Å². The highest BCUT2D eigenvalue weighted by Gasteiger charge is 2.22. The Labute approximate surface area is 102 Å². The molecule has 15 heavy (non-hydrogen) atoms. The van der Waals surface area contributed by atoms with E-state index < -0.39 is 5.69 Å². The van der Waals surface area contributed by atoms with E-state index in [1.165, 1.54) is 32.1 Å². The lowest BCUT2D eigenvalue weighted by Crippen LogP contribution is -2.20. The van der Waals surface area contributed by atoms with Crippen LogP contribution in [0.15, 0.2) is 0 Å². The van der Waals surface area contributed by atoms with Crippen molar-refractivity contribution in [2.24, 2.45) is 0 Å². The lowest BCUT2D eigenvalue weighted by molar-refractivity contribution is 0.349. The zero-order valence-corrected chi connectivity index (χ0v) is 12.0. The largest absolute Gasteiger partial charge is 0.324 e. The highest BCUT2D eigenvalue weighted by molar-refractivity contribution is 8.67. The normalized spacial score (nSPS) is 20.9. The van der Waals surface area contributed by atoms with E-state index in [1.54, 1.807) is 25.8 Å². The van der Waals surface area contributed by atoms with Gasteiger partial charge in [-0.05, 0) is 24.6 Å². The molecule has 0 radical (unpaired) electrons. The van der Waals surface area contributed by atoms with Gasteiger partial charge in [0.25, 0.3) is 5.69 Å². The molecule has 0 aromatic carbocycles. The molecule has 1 heterocycles. The first-order chi connectivity index (χ1) is 7.20. The van der Waals surface area contributed by atoms with Gasteiger partial charge in [0.2, 0.25) is 0 Å². The maximum absolute atomic E-state index is 5.35. The Kier molecular flexibility index (Phi) is 6.74. The molecule has 1 fully saturated rings. The average molecular weight is 269 g/mol. The van der Waals surface area contributed by atoms with Crippen LogP contribution in [0.25, 0.3) is 0 Å². The molecule has 1 rings (SSSR count).